The van der Waals surface area contributed by atoms with Crippen molar-refractivity contribution in [3.8, 4) is 11.5 Å². The Morgan fingerprint density at radius 1 is 1.04 bits per heavy atom. The molecule has 0 heterocycles. The second-order valence-corrected chi connectivity index (χ2v) is 14.6. The van der Waals surface area contributed by atoms with Gasteiger partial charge < -0.3 is 9.16 Å². The third kappa shape index (κ3) is 6.06. The molecule has 0 radical (unpaired) electrons. The van der Waals surface area contributed by atoms with Crippen LogP contribution in [0.1, 0.15) is 54.0 Å². The zero-order valence-corrected chi connectivity index (χ0v) is 20.1. The van der Waals surface area contributed by atoms with Crippen molar-refractivity contribution >= 4 is 26.0 Å². The zero-order valence-electron chi connectivity index (χ0n) is 19.1. The van der Waals surface area contributed by atoms with E-state index >= 15 is 0 Å². The Morgan fingerprint density at radius 3 is 2.07 bits per heavy atom. The van der Waals surface area contributed by atoms with Crippen LogP contribution in [0.4, 0.5) is 0 Å². The first kappa shape index (κ1) is 24.2. The van der Waals surface area contributed by atoms with E-state index in [1.54, 1.807) is 20.1 Å². The molecule has 0 fully saturated rings. The average Bonchev–Trinajstić information content (AvgIpc) is 2.57. The summed E-state index contributed by atoms with van der Waals surface area (Å²) < 4.78 is 11.9. The molecule has 0 aliphatic heterocycles. The van der Waals surface area contributed by atoms with E-state index in [2.05, 4.69) is 33.9 Å². The first-order chi connectivity index (χ1) is 12.6. The Bertz CT molecular complexity index is 749. The molecule has 5 heteroatoms. The van der Waals surface area contributed by atoms with Crippen LogP contribution in [0.25, 0.3) is 6.08 Å². The van der Waals surface area contributed by atoms with Crippen molar-refractivity contribution < 1.29 is 18.8 Å². The number of methoxy groups -OCH3 is 1. The lowest BCUT2D eigenvalue weighted by molar-refractivity contribution is -0.135. The molecule has 4 nitrogen and oxygen atoms in total. The number of carbonyl (C=O) groups is 2. The lowest BCUT2D eigenvalue weighted by atomic mass is 9.82. The molecule has 1 atom stereocenters. The molecule has 0 saturated carbocycles. The van der Waals surface area contributed by atoms with Crippen LogP contribution in [0.15, 0.2) is 24.3 Å². The molecule has 0 aromatic heterocycles. The van der Waals surface area contributed by atoms with Gasteiger partial charge in [0.15, 0.2) is 11.5 Å². The van der Waals surface area contributed by atoms with Gasteiger partial charge in [-0.25, -0.2) is 0 Å². The molecule has 0 spiro atoms. The number of carbonyl (C=O) groups excluding carboxylic acids is 2. The third-order valence-corrected chi connectivity index (χ3v) is 9.70. The summed E-state index contributed by atoms with van der Waals surface area (Å²) in [5.41, 5.74) is 0.290. The van der Waals surface area contributed by atoms with E-state index in [4.69, 9.17) is 9.16 Å². The molecular formula is C23H36O4Si. The second-order valence-electron chi connectivity index (χ2n) is 9.84. The quantitative estimate of drug-likeness (QED) is 0.322. The molecule has 0 N–H and O–H groups in total. The molecule has 1 rings (SSSR count). The molecule has 156 valence electrons. The highest BCUT2D eigenvalue weighted by atomic mass is 28.4. The minimum atomic E-state index is -1.98. The molecule has 0 bridgehead atoms. The minimum Gasteiger partial charge on any atom is -0.541 e. The Hall–Kier alpha value is -1.88. The molecule has 1 aromatic rings. The van der Waals surface area contributed by atoms with E-state index < -0.39 is 19.7 Å². The predicted molar refractivity (Wildman–Crippen MR) is 118 cm³/mol. The maximum Gasteiger partial charge on any atom is 0.250 e. The highest BCUT2D eigenvalue weighted by Gasteiger charge is 2.39. The SMILES string of the molecule is COc1cc(/C=C/C(=O)C(C)C(=O)C(C)(C)C)ccc1O[Si](C)(C)C(C)(C)C. The summed E-state index contributed by atoms with van der Waals surface area (Å²) in [4.78, 5) is 24.7. The molecule has 0 amide bonds. The van der Waals surface area contributed by atoms with Crippen LogP contribution < -0.4 is 9.16 Å². The summed E-state index contributed by atoms with van der Waals surface area (Å²) in [6.45, 7) is 18.1. The van der Waals surface area contributed by atoms with Gasteiger partial charge in [-0.2, -0.15) is 0 Å². The Labute approximate surface area is 171 Å². The van der Waals surface area contributed by atoms with Gasteiger partial charge in [0.2, 0.25) is 0 Å². The average molecular weight is 405 g/mol. The van der Waals surface area contributed by atoms with Crippen LogP contribution in [-0.2, 0) is 9.59 Å². The van der Waals surface area contributed by atoms with E-state index in [1.807, 2.05) is 39.0 Å². The third-order valence-electron chi connectivity index (χ3n) is 5.36. The van der Waals surface area contributed by atoms with Crippen LogP contribution >= 0.6 is 0 Å². The van der Waals surface area contributed by atoms with Crippen molar-refractivity contribution in [1.82, 2.24) is 0 Å². The van der Waals surface area contributed by atoms with Gasteiger partial charge in [0.25, 0.3) is 8.32 Å². The minimum absolute atomic E-state index is 0.0575. The van der Waals surface area contributed by atoms with Gasteiger partial charge in [-0.3, -0.25) is 9.59 Å². The van der Waals surface area contributed by atoms with Crippen LogP contribution in [0, 0.1) is 11.3 Å². The molecule has 1 aromatic carbocycles. The number of Topliss-reactive ketones (excluding diaryl/α,β-unsaturated/α-hetero) is 1. The number of ether oxygens (including phenoxy) is 1. The lowest BCUT2D eigenvalue weighted by Gasteiger charge is -2.36. The van der Waals surface area contributed by atoms with Crippen molar-refractivity contribution in [1.29, 1.82) is 0 Å². The van der Waals surface area contributed by atoms with Crippen LogP contribution in [0.2, 0.25) is 18.1 Å². The van der Waals surface area contributed by atoms with Gasteiger partial charge in [0, 0.05) is 5.41 Å². The normalized spacial score (nSPS) is 14.1. The Kier molecular flexibility index (Phi) is 7.45. The smallest absolute Gasteiger partial charge is 0.250 e. The molecule has 1 unspecified atom stereocenters. The van der Waals surface area contributed by atoms with Crippen molar-refractivity contribution in [3.05, 3.63) is 29.8 Å². The summed E-state index contributed by atoms with van der Waals surface area (Å²) in [5, 5.41) is 0.0821. The number of rotatable bonds is 7. The van der Waals surface area contributed by atoms with Gasteiger partial charge in [0.05, 0.1) is 13.0 Å². The summed E-state index contributed by atoms with van der Waals surface area (Å²) in [6, 6.07) is 5.63. The molecule has 0 aliphatic rings. The van der Waals surface area contributed by atoms with Crippen LogP contribution in [0.3, 0.4) is 0 Å². The fraction of sp³-hybridized carbons (Fsp3) is 0.565. The van der Waals surface area contributed by atoms with Gasteiger partial charge in [-0.1, -0.05) is 53.7 Å². The second kappa shape index (κ2) is 8.64. The van der Waals surface area contributed by atoms with Crippen molar-refractivity contribution in [2.75, 3.05) is 7.11 Å². The Balaban J connectivity index is 3.02. The largest absolute Gasteiger partial charge is 0.541 e. The summed E-state index contributed by atoms with van der Waals surface area (Å²) in [6.07, 6.45) is 3.19. The van der Waals surface area contributed by atoms with Crippen molar-refractivity contribution in [2.45, 2.75) is 66.6 Å². The van der Waals surface area contributed by atoms with Crippen molar-refractivity contribution in [2.24, 2.45) is 11.3 Å². The predicted octanol–water partition coefficient (Wildman–Crippen LogP) is 5.91. The first-order valence-corrected chi connectivity index (χ1v) is 12.6. The topological polar surface area (TPSA) is 52.6 Å². The monoisotopic (exact) mass is 404 g/mol. The number of hydrogen-bond acceptors (Lipinski definition) is 4. The fourth-order valence-corrected chi connectivity index (χ4v) is 3.43. The lowest BCUT2D eigenvalue weighted by Crippen LogP contribution is -2.43. The number of ketones is 2. The summed E-state index contributed by atoms with van der Waals surface area (Å²) in [7, 11) is -0.375. The van der Waals surface area contributed by atoms with Gasteiger partial charge in [-0.05, 0) is 48.8 Å². The molecule has 0 aliphatic carbocycles. The van der Waals surface area contributed by atoms with E-state index in [0.717, 1.165) is 5.56 Å². The van der Waals surface area contributed by atoms with Crippen LogP contribution in [0.5, 0.6) is 11.5 Å². The summed E-state index contributed by atoms with van der Waals surface area (Å²) in [5.74, 6) is 0.449. The first-order valence-electron chi connectivity index (χ1n) is 9.73. The molecular weight excluding hydrogens is 368 g/mol. The maximum atomic E-state index is 12.4. The number of hydrogen-bond donors (Lipinski definition) is 0. The number of allylic oxidation sites excluding steroid dienone is 1. The van der Waals surface area contributed by atoms with E-state index in [1.165, 1.54) is 6.08 Å². The van der Waals surface area contributed by atoms with E-state index in [-0.39, 0.29) is 16.6 Å². The maximum absolute atomic E-state index is 12.4. The molecule has 0 saturated heterocycles. The van der Waals surface area contributed by atoms with Gasteiger partial charge >= 0.3 is 0 Å². The highest BCUT2D eigenvalue weighted by molar-refractivity contribution is 6.74. The van der Waals surface area contributed by atoms with E-state index in [9.17, 15) is 9.59 Å². The standard InChI is InChI=1S/C23H36O4Si/c1-16(21(25)22(2,3)4)18(24)13-11-17-12-14-19(20(15-17)26-8)27-28(9,10)23(5,6)7/h11-16H,1-10H3/b13-11+. The van der Waals surface area contributed by atoms with Gasteiger partial charge in [0.1, 0.15) is 11.5 Å². The zero-order chi connectivity index (χ0) is 21.9. The number of benzene rings is 1. The summed E-state index contributed by atoms with van der Waals surface area (Å²) >= 11 is 0. The van der Waals surface area contributed by atoms with Crippen LogP contribution in [-0.4, -0.2) is 27.0 Å². The highest BCUT2D eigenvalue weighted by Crippen LogP contribution is 2.40. The molecule has 28 heavy (non-hydrogen) atoms. The fourth-order valence-electron chi connectivity index (χ4n) is 2.40. The van der Waals surface area contributed by atoms with Crippen molar-refractivity contribution in [3.63, 3.8) is 0 Å². The van der Waals surface area contributed by atoms with Gasteiger partial charge in [-0.15, -0.1) is 0 Å². The van der Waals surface area contributed by atoms with E-state index in [0.29, 0.717) is 11.5 Å². The Morgan fingerprint density at radius 2 is 1.61 bits per heavy atom.